The molecule has 0 saturated carbocycles. The molecule has 2 aromatic carbocycles. The molecule has 1 N–H and O–H groups in total. The third-order valence-electron chi connectivity index (χ3n) is 6.14. The van der Waals surface area contributed by atoms with Crippen molar-refractivity contribution in [3.05, 3.63) is 42.2 Å². The van der Waals surface area contributed by atoms with Gasteiger partial charge in [-0.15, -0.1) is 0 Å². The van der Waals surface area contributed by atoms with Crippen LogP contribution < -0.4 is 24.6 Å². The summed E-state index contributed by atoms with van der Waals surface area (Å²) in [6.07, 6.45) is 0.116. The molecule has 3 unspecified atom stereocenters. The third kappa shape index (κ3) is 4.32. The summed E-state index contributed by atoms with van der Waals surface area (Å²) >= 11 is 0. The number of carbonyl (C=O) groups excluding carboxylic acids is 2. The molecule has 3 aliphatic heterocycles. The Kier molecular flexibility index (Phi) is 5.57. The van der Waals surface area contributed by atoms with E-state index in [4.69, 9.17) is 14.2 Å². The second-order valence-corrected chi connectivity index (χ2v) is 8.76. The molecule has 0 bridgehead atoms. The minimum atomic E-state index is -0.536. The average molecular weight is 455 g/mol. The van der Waals surface area contributed by atoms with Crippen molar-refractivity contribution in [1.29, 1.82) is 0 Å². The van der Waals surface area contributed by atoms with E-state index in [-0.39, 0.29) is 43.8 Å². The van der Waals surface area contributed by atoms with Gasteiger partial charge >= 0.3 is 0 Å². The zero-order chi connectivity index (χ0) is 23.1. The van der Waals surface area contributed by atoms with Crippen LogP contribution in [0.1, 0.15) is 20.3 Å². The van der Waals surface area contributed by atoms with Gasteiger partial charge in [0.05, 0.1) is 23.8 Å². The first-order valence-electron chi connectivity index (χ1n) is 11.1. The Bertz CT molecular complexity index is 1080. The Morgan fingerprint density at radius 2 is 1.79 bits per heavy atom. The van der Waals surface area contributed by atoms with Gasteiger partial charge < -0.3 is 29.3 Å². The van der Waals surface area contributed by atoms with E-state index in [0.717, 1.165) is 0 Å². The zero-order valence-corrected chi connectivity index (χ0v) is 18.5. The number of benzene rings is 2. The maximum atomic E-state index is 14.9. The number of rotatable bonds is 4. The second-order valence-electron chi connectivity index (χ2n) is 8.76. The Balaban J connectivity index is 1.24. The van der Waals surface area contributed by atoms with Crippen molar-refractivity contribution in [3.8, 4) is 11.5 Å². The molecule has 0 spiro atoms. The number of hydrogen-bond donors (Lipinski definition) is 1. The molecule has 33 heavy (non-hydrogen) atoms. The van der Waals surface area contributed by atoms with Crippen LogP contribution in [0.3, 0.4) is 0 Å². The van der Waals surface area contributed by atoms with Crippen LogP contribution in [-0.4, -0.2) is 50.4 Å². The van der Waals surface area contributed by atoms with Crippen molar-refractivity contribution in [2.24, 2.45) is 5.92 Å². The van der Waals surface area contributed by atoms with Crippen LogP contribution in [0.25, 0.3) is 0 Å². The van der Waals surface area contributed by atoms with E-state index in [1.807, 2.05) is 18.7 Å². The van der Waals surface area contributed by atoms with Gasteiger partial charge in [0.1, 0.15) is 5.82 Å². The minimum absolute atomic E-state index is 0.0140. The predicted octanol–water partition coefficient (Wildman–Crippen LogP) is 3.16. The summed E-state index contributed by atoms with van der Waals surface area (Å²) in [5, 5.41) is 2.76. The van der Waals surface area contributed by atoms with Crippen LogP contribution in [0, 0.1) is 11.7 Å². The standard InChI is InChI=1S/C24H26FN3O5/c1-14-10-27(11-15(2)33-14)20-5-3-17(8-19(20)25)26-24(30)16-7-23(29)28(12-16)18-4-6-21-22(9-18)32-13-31-21/h3-6,8-9,14-16H,7,10-13H2,1-2H3,(H,26,30). The highest BCUT2D eigenvalue weighted by Crippen LogP contribution is 2.37. The smallest absolute Gasteiger partial charge is 0.231 e. The lowest BCUT2D eigenvalue weighted by molar-refractivity contribution is -0.122. The lowest BCUT2D eigenvalue weighted by Crippen LogP contribution is -2.45. The number of ether oxygens (including phenoxy) is 3. The molecular formula is C24H26FN3O5. The minimum Gasteiger partial charge on any atom is -0.454 e. The number of fused-ring (bicyclic) bond motifs is 1. The van der Waals surface area contributed by atoms with Crippen LogP contribution in [0.2, 0.25) is 0 Å². The lowest BCUT2D eigenvalue weighted by atomic mass is 10.1. The molecule has 0 radical (unpaired) electrons. The zero-order valence-electron chi connectivity index (χ0n) is 18.5. The summed E-state index contributed by atoms with van der Waals surface area (Å²) in [4.78, 5) is 28.9. The van der Waals surface area contributed by atoms with Crippen LogP contribution in [0.15, 0.2) is 36.4 Å². The molecule has 0 aliphatic carbocycles. The van der Waals surface area contributed by atoms with Gasteiger partial charge in [0.25, 0.3) is 0 Å². The van der Waals surface area contributed by atoms with Gasteiger partial charge in [-0.3, -0.25) is 9.59 Å². The molecule has 2 saturated heterocycles. The normalized spacial score (nSPS) is 24.3. The summed E-state index contributed by atoms with van der Waals surface area (Å²) in [5.41, 5.74) is 1.51. The highest BCUT2D eigenvalue weighted by molar-refractivity contribution is 6.03. The molecule has 2 amide bonds. The van der Waals surface area contributed by atoms with Crippen molar-refractivity contribution in [3.63, 3.8) is 0 Å². The number of amides is 2. The van der Waals surface area contributed by atoms with Crippen molar-refractivity contribution in [1.82, 2.24) is 0 Å². The van der Waals surface area contributed by atoms with Crippen LogP contribution in [-0.2, 0) is 14.3 Å². The van der Waals surface area contributed by atoms with E-state index in [9.17, 15) is 14.0 Å². The van der Waals surface area contributed by atoms with E-state index in [2.05, 4.69) is 5.32 Å². The van der Waals surface area contributed by atoms with E-state index in [1.165, 1.54) is 6.07 Å². The summed E-state index contributed by atoms with van der Waals surface area (Å²) in [7, 11) is 0. The fourth-order valence-corrected chi connectivity index (χ4v) is 4.65. The molecule has 3 aliphatic rings. The molecule has 174 valence electrons. The highest BCUT2D eigenvalue weighted by Gasteiger charge is 2.36. The fourth-order valence-electron chi connectivity index (χ4n) is 4.65. The molecule has 2 fully saturated rings. The Labute approximate surface area is 191 Å². The van der Waals surface area contributed by atoms with Gasteiger partial charge in [-0.2, -0.15) is 0 Å². The maximum absolute atomic E-state index is 14.9. The fraction of sp³-hybridized carbons (Fsp3) is 0.417. The van der Waals surface area contributed by atoms with Gasteiger partial charge in [0.2, 0.25) is 18.6 Å². The van der Waals surface area contributed by atoms with E-state index < -0.39 is 11.7 Å². The van der Waals surface area contributed by atoms with Crippen LogP contribution >= 0.6 is 0 Å². The number of nitrogens with one attached hydrogen (secondary N) is 1. The lowest BCUT2D eigenvalue weighted by Gasteiger charge is -2.37. The number of nitrogens with zero attached hydrogens (tertiary/aromatic N) is 2. The first kappa shape index (κ1) is 21.5. The SMILES string of the molecule is CC1CN(c2ccc(NC(=O)C3CC(=O)N(c4ccc5c(c4)OCO5)C3)cc2F)CC(C)O1. The largest absolute Gasteiger partial charge is 0.454 e. The summed E-state index contributed by atoms with van der Waals surface area (Å²) < 4.78 is 31.3. The molecule has 9 heteroatoms. The Hall–Kier alpha value is -3.33. The third-order valence-corrected chi connectivity index (χ3v) is 6.14. The van der Waals surface area contributed by atoms with Crippen molar-refractivity contribution >= 4 is 28.9 Å². The number of halogens is 1. The van der Waals surface area contributed by atoms with Crippen LogP contribution in [0.5, 0.6) is 11.5 Å². The molecule has 3 atom stereocenters. The maximum Gasteiger partial charge on any atom is 0.231 e. The van der Waals surface area contributed by atoms with E-state index in [1.54, 1.807) is 35.2 Å². The Morgan fingerprint density at radius 1 is 1.03 bits per heavy atom. The molecule has 8 nitrogen and oxygen atoms in total. The monoisotopic (exact) mass is 455 g/mol. The number of anilines is 3. The Morgan fingerprint density at radius 3 is 2.55 bits per heavy atom. The predicted molar refractivity (Wildman–Crippen MR) is 120 cm³/mol. The molecule has 0 aromatic heterocycles. The number of morpholine rings is 1. The topological polar surface area (TPSA) is 80.3 Å². The van der Waals surface area contributed by atoms with Crippen molar-refractivity contribution < 1.29 is 28.2 Å². The van der Waals surface area contributed by atoms with Crippen LogP contribution in [0.4, 0.5) is 21.5 Å². The summed E-state index contributed by atoms with van der Waals surface area (Å²) in [5.74, 6) is -0.192. The van der Waals surface area contributed by atoms with Gasteiger partial charge in [0.15, 0.2) is 11.5 Å². The van der Waals surface area contributed by atoms with Gasteiger partial charge in [-0.25, -0.2) is 4.39 Å². The molecule has 2 aromatic rings. The number of hydrogen-bond acceptors (Lipinski definition) is 6. The summed E-state index contributed by atoms with van der Waals surface area (Å²) in [6.45, 7) is 5.53. The van der Waals surface area contributed by atoms with Gasteiger partial charge in [-0.05, 0) is 44.2 Å². The molecule has 5 rings (SSSR count). The van der Waals surface area contributed by atoms with Gasteiger partial charge in [0, 0.05) is 43.5 Å². The first-order chi connectivity index (χ1) is 15.9. The highest BCUT2D eigenvalue weighted by atomic mass is 19.1. The molecule has 3 heterocycles. The van der Waals surface area contributed by atoms with Crippen molar-refractivity contribution in [2.75, 3.05) is 41.5 Å². The average Bonchev–Trinajstić information content (AvgIpc) is 3.39. The van der Waals surface area contributed by atoms with E-state index >= 15 is 0 Å². The quantitative estimate of drug-likeness (QED) is 0.763. The van der Waals surface area contributed by atoms with E-state index in [0.29, 0.717) is 41.7 Å². The molecular weight excluding hydrogens is 429 g/mol. The first-order valence-corrected chi connectivity index (χ1v) is 11.1. The van der Waals surface area contributed by atoms with Crippen molar-refractivity contribution in [2.45, 2.75) is 32.5 Å². The number of carbonyl (C=O) groups is 2. The second kappa shape index (κ2) is 8.55. The van der Waals surface area contributed by atoms with Gasteiger partial charge in [-0.1, -0.05) is 0 Å². The summed E-state index contributed by atoms with van der Waals surface area (Å²) in [6, 6.07) is 9.94.